The van der Waals surface area contributed by atoms with E-state index >= 15 is 0 Å². The van der Waals surface area contributed by atoms with Crippen molar-refractivity contribution < 1.29 is 9.53 Å². The molecular formula is C12H19NO2S. The van der Waals surface area contributed by atoms with Crippen LogP contribution in [-0.4, -0.2) is 18.6 Å². The highest BCUT2D eigenvalue weighted by molar-refractivity contribution is 7.09. The lowest BCUT2D eigenvalue weighted by atomic mass is 9.87. The first-order valence-corrected chi connectivity index (χ1v) is 6.24. The van der Waals surface area contributed by atoms with E-state index in [1.165, 1.54) is 4.88 Å². The SMILES string of the molecule is CC(C)(C)[C@H](N)C(=O)OCCc1cccs1. The Labute approximate surface area is 101 Å². The summed E-state index contributed by atoms with van der Waals surface area (Å²) in [6.07, 6.45) is 0.764. The Bertz CT molecular complexity index is 327. The second kappa shape index (κ2) is 5.46. The maximum Gasteiger partial charge on any atom is 0.323 e. The number of rotatable bonds is 4. The standard InChI is InChI=1S/C12H19NO2S/c1-12(2,3)10(13)11(14)15-7-6-9-5-4-8-16-9/h4-5,8,10H,6-7,13H2,1-3H3/t10-/m1/s1. The van der Waals surface area contributed by atoms with Gasteiger partial charge in [0, 0.05) is 11.3 Å². The fourth-order valence-electron chi connectivity index (χ4n) is 1.15. The van der Waals surface area contributed by atoms with Gasteiger partial charge in [0.05, 0.1) is 6.61 Å². The van der Waals surface area contributed by atoms with Gasteiger partial charge in [0.1, 0.15) is 6.04 Å². The van der Waals surface area contributed by atoms with Crippen LogP contribution < -0.4 is 5.73 Å². The zero-order valence-electron chi connectivity index (χ0n) is 10.0. The Balaban J connectivity index is 2.30. The first kappa shape index (κ1) is 13.2. The molecule has 0 saturated carbocycles. The van der Waals surface area contributed by atoms with Crippen molar-refractivity contribution in [2.45, 2.75) is 33.2 Å². The van der Waals surface area contributed by atoms with E-state index in [4.69, 9.17) is 10.5 Å². The van der Waals surface area contributed by atoms with Gasteiger partial charge in [0.2, 0.25) is 0 Å². The summed E-state index contributed by atoms with van der Waals surface area (Å²) < 4.78 is 5.15. The van der Waals surface area contributed by atoms with Crippen LogP contribution in [0.15, 0.2) is 17.5 Å². The number of carbonyl (C=O) groups excluding carboxylic acids is 1. The van der Waals surface area contributed by atoms with Gasteiger partial charge >= 0.3 is 5.97 Å². The molecule has 0 unspecified atom stereocenters. The van der Waals surface area contributed by atoms with E-state index in [1.807, 2.05) is 38.3 Å². The van der Waals surface area contributed by atoms with Gasteiger partial charge in [-0.25, -0.2) is 0 Å². The fraction of sp³-hybridized carbons (Fsp3) is 0.583. The summed E-state index contributed by atoms with van der Waals surface area (Å²) in [6.45, 7) is 6.19. The second-order valence-electron chi connectivity index (χ2n) is 4.84. The molecule has 3 nitrogen and oxygen atoms in total. The average Bonchev–Trinajstić information content (AvgIpc) is 2.67. The molecule has 0 spiro atoms. The van der Waals surface area contributed by atoms with Gasteiger partial charge in [0.25, 0.3) is 0 Å². The molecule has 1 atom stereocenters. The lowest BCUT2D eigenvalue weighted by Crippen LogP contribution is -2.43. The molecule has 1 aromatic rings. The maximum atomic E-state index is 11.6. The maximum absolute atomic E-state index is 11.6. The van der Waals surface area contributed by atoms with Crippen molar-refractivity contribution in [3.05, 3.63) is 22.4 Å². The Hall–Kier alpha value is -0.870. The van der Waals surface area contributed by atoms with Crippen LogP contribution in [0.4, 0.5) is 0 Å². The molecule has 0 aromatic carbocycles. The summed E-state index contributed by atoms with van der Waals surface area (Å²) in [6, 6.07) is 3.46. The van der Waals surface area contributed by atoms with Crippen LogP contribution in [0.1, 0.15) is 25.6 Å². The minimum atomic E-state index is -0.559. The van der Waals surface area contributed by atoms with Crippen LogP contribution >= 0.6 is 11.3 Å². The molecule has 0 aliphatic carbocycles. The molecule has 1 aromatic heterocycles. The number of nitrogens with two attached hydrogens (primary N) is 1. The monoisotopic (exact) mass is 241 g/mol. The largest absolute Gasteiger partial charge is 0.464 e. The molecule has 0 aliphatic heterocycles. The number of carbonyl (C=O) groups is 1. The van der Waals surface area contributed by atoms with Gasteiger partial charge < -0.3 is 10.5 Å². The summed E-state index contributed by atoms with van der Waals surface area (Å²) in [4.78, 5) is 12.8. The van der Waals surface area contributed by atoms with E-state index in [1.54, 1.807) is 11.3 Å². The minimum Gasteiger partial charge on any atom is -0.464 e. The van der Waals surface area contributed by atoms with Gasteiger partial charge in [-0.3, -0.25) is 4.79 Å². The lowest BCUT2D eigenvalue weighted by molar-refractivity contribution is -0.147. The van der Waals surface area contributed by atoms with E-state index in [2.05, 4.69) is 0 Å². The highest BCUT2D eigenvalue weighted by Gasteiger charge is 2.28. The molecule has 0 fully saturated rings. The number of hydrogen-bond donors (Lipinski definition) is 1. The summed E-state index contributed by atoms with van der Waals surface area (Å²) in [5, 5.41) is 2.01. The summed E-state index contributed by atoms with van der Waals surface area (Å²) >= 11 is 1.67. The average molecular weight is 241 g/mol. The molecule has 1 rings (SSSR count). The summed E-state index contributed by atoms with van der Waals surface area (Å²) in [7, 11) is 0. The molecule has 0 saturated heterocycles. The number of thiophene rings is 1. The van der Waals surface area contributed by atoms with Crippen LogP contribution in [-0.2, 0) is 16.0 Å². The number of esters is 1. The molecular weight excluding hydrogens is 222 g/mol. The van der Waals surface area contributed by atoms with Crippen LogP contribution in [0.25, 0.3) is 0 Å². The quantitative estimate of drug-likeness (QED) is 0.822. The van der Waals surface area contributed by atoms with Crippen molar-refractivity contribution in [2.75, 3.05) is 6.61 Å². The molecule has 2 N–H and O–H groups in total. The van der Waals surface area contributed by atoms with Gasteiger partial charge in [-0.1, -0.05) is 26.8 Å². The first-order chi connectivity index (χ1) is 7.41. The van der Waals surface area contributed by atoms with E-state index in [0.29, 0.717) is 6.61 Å². The molecule has 0 amide bonds. The smallest absolute Gasteiger partial charge is 0.323 e. The Morgan fingerprint density at radius 1 is 1.56 bits per heavy atom. The minimum absolute atomic E-state index is 0.250. The second-order valence-corrected chi connectivity index (χ2v) is 5.87. The normalized spacial score (nSPS) is 13.5. The first-order valence-electron chi connectivity index (χ1n) is 5.36. The van der Waals surface area contributed by atoms with Gasteiger partial charge in [-0.15, -0.1) is 11.3 Å². The van der Waals surface area contributed by atoms with Gasteiger partial charge in [0.15, 0.2) is 0 Å². The number of hydrogen-bond acceptors (Lipinski definition) is 4. The predicted octanol–water partition coefficient (Wildman–Crippen LogP) is 2.21. The third-order valence-electron chi connectivity index (χ3n) is 2.36. The Morgan fingerprint density at radius 2 is 2.25 bits per heavy atom. The zero-order valence-corrected chi connectivity index (χ0v) is 10.8. The van der Waals surface area contributed by atoms with Crippen LogP contribution in [0.5, 0.6) is 0 Å². The molecule has 0 bridgehead atoms. The van der Waals surface area contributed by atoms with Crippen molar-refractivity contribution in [2.24, 2.45) is 11.1 Å². The zero-order chi connectivity index (χ0) is 12.2. The topological polar surface area (TPSA) is 52.3 Å². The van der Waals surface area contributed by atoms with Crippen molar-refractivity contribution >= 4 is 17.3 Å². The van der Waals surface area contributed by atoms with Crippen LogP contribution in [0.2, 0.25) is 0 Å². The highest BCUT2D eigenvalue weighted by Crippen LogP contribution is 2.18. The molecule has 1 heterocycles. The molecule has 0 radical (unpaired) electrons. The molecule has 16 heavy (non-hydrogen) atoms. The van der Waals surface area contributed by atoms with E-state index < -0.39 is 6.04 Å². The molecule has 90 valence electrons. The van der Waals surface area contributed by atoms with Gasteiger partial charge in [-0.2, -0.15) is 0 Å². The van der Waals surface area contributed by atoms with Crippen LogP contribution in [0.3, 0.4) is 0 Å². The van der Waals surface area contributed by atoms with Crippen molar-refractivity contribution in [3.8, 4) is 0 Å². The van der Waals surface area contributed by atoms with Crippen LogP contribution in [0, 0.1) is 5.41 Å². The van der Waals surface area contributed by atoms with Crippen molar-refractivity contribution in [3.63, 3.8) is 0 Å². The lowest BCUT2D eigenvalue weighted by Gasteiger charge is -2.24. The van der Waals surface area contributed by atoms with Crippen molar-refractivity contribution in [1.82, 2.24) is 0 Å². The molecule has 0 aliphatic rings. The van der Waals surface area contributed by atoms with E-state index in [9.17, 15) is 4.79 Å². The van der Waals surface area contributed by atoms with Crippen molar-refractivity contribution in [1.29, 1.82) is 0 Å². The van der Waals surface area contributed by atoms with Gasteiger partial charge in [-0.05, 0) is 16.9 Å². The Morgan fingerprint density at radius 3 is 2.75 bits per heavy atom. The molecule has 4 heteroatoms. The number of ether oxygens (including phenoxy) is 1. The van der Waals surface area contributed by atoms with E-state index in [0.717, 1.165) is 6.42 Å². The Kier molecular flexibility index (Phi) is 4.50. The predicted molar refractivity (Wildman–Crippen MR) is 66.4 cm³/mol. The highest BCUT2D eigenvalue weighted by atomic mass is 32.1. The summed E-state index contributed by atoms with van der Waals surface area (Å²) in [5.74, 6) is -0.316. The fourth-order valence-corrected chi connectivity index (χ4v) is 1.84. The third kappa shape index (κ3) is 3.94. The third-order valence-corrected chi connectivity index (χ3v) is 3.30. The summed E-state index contributed by atoms with van der Waals surface area (Å²) in [5.41, 5.74) is 5.53. The van der Waals surface area contributed by atoms with E-state index in [-0.39, 0.29) is 11.4 Å².